The van der Waals surface area contributed by atoms with Gasteiger partial charge in [0.1, 0.15) is 6.54 Å². The van der Waals surface area contributed by atoms with Crippen LogP contribution in [0.25, 0.3) is 0 Å². The van der Waals surface area contributed by atoms with Gasteiger partial charge in [-0.05, 0) is 12.1 Å². The van der Waals surface area contributed by atoms with E-state index in [4.69, 9.17) is 5.11 Å². The van der Waals surface area contributed by atoms with Crippen LogP contribution in [0.5, 0.6) is 0 Å². The molecule has 0 spiro atoms. The Morgan fingerprint density at radius 1 is 1.21 bits per heavy atom. The molecule has 0 aliphatic carbocycles. The summed E-state index contributed by atoms with van der Waals surface area (Å²) in [5.74, 6) is -1.22. The van der Waals surface area contributed by atoms with Gasteiger partial charge in [-0.2, -0.15) is 0 Å². The first-order valence-electron chi connectivity index (χ1n) is 3.86. The molecule has 73 valence electrons. The fourth-order valence-corrected chi connectivity index (χ4v) is 1.00. The Labute approximate surface area is 80.2 Å². The highest BCUT2D eigenvalue weighted by Crippen LogP contribution is 2.12. The predicted molar refractivity (Wildman–Crippen MR) is 47.5 cm³/mol. The molecule has 0 fully saturated rings. The van der Waals surface area contributed by atoms with E-state index in [0.29, 0.717) is 4.90 Å². The van der Waals surface area contributed by atoms with Crippen molar-refractivity contribution in [3.63, 3.8) is 0 Å². The van der Waals surface area contributed by atoms with E-state index in [0.717, 1.165) is 0 Å². The molecule has 0 saturated carbocycles. The maximum absolute atomic E-state index is 10.6. The fraction of sp³-hybridized carbons (Fsp3) is 0.111. The normalized spacial score (nSPS) is 9.43. The maximum atomic E-state index is 10.6. The summed E-state index contributed by atoms with van der Waals surface area (Å²) in [4.78, 5) is 21.6. The van der Waals surface area contributed by atoms with Crippen LogP contribution in [0.2, 0.25) is 0 Å². The molecule has 0 atom stereocenters. The number of nitrogens with zero attached hydrogens (tertiary/aromatic N) is 1. The minimum atomic E-state index is -1.53. The van der Waals surface area contributed by atoms with Crippen molar-refractivity contribution in [3.8, 4) is 0 Å². The molecule has 1 aromatic rings. The van der Waals surface area contributed by atoms with Crippen LogP contribution in [-0.2, 0) is 9.90 Å². The van der Waals surface area contributed by atoms with Crippen molar-refractivity contribution in [1.82, 2.24) is 0 Å². The average molecular weight is 194 g/mol. The summed E-state index contributed by atoms with van der Waals surface area (Å²) in [5.41, 5.74) is 0.287. The number of carbonyl (C=O) groups is 2. The monoisotopic (exact) mass is 194 g/mol. The van der Waals surface area contributed by atoms with E-state index >= 15 is 0 Å². The van der Waals surface area contributed by atoms with Gasteiger partial charge in [-0.15, -0.1) is 0 Å². The lowest BCUT2D eigenvalue weighted by Crippen LogP contribution is -2.33. The molecule has 1 radical (unpaired) electrons. The lowest BCUT2D eigenvalue weighted by Gasteiger charge is -2.14. The molecule has 1 rings (SSSR count). The van der Waals surface area contributed by atoms with Crippen molar-refractivity contribution in [2.45, 2.75) is 0 Å². The van der Waals surface area contributed by atoms with Gasteiger partial charge in [0, 0.05) is 5.69 Å². The van der Waals surface area contributed by atoms with Gasteiger partial charge in [-0.3, -0.25) is 9.69 Å². The Morgan fingerprint density at radius 3 is 2.21 bits per heavy atom. The van der Waals surface area contributed by atoms with E-state index < -0.39 is 18.6 Å². The quantitative estimate of drug-likeness (QED) is 0.783. The van der Waals surface area contributed by atoms with E-state index in [-0.39, 0.29) is 5.69 Å². The Morgan fingerprint density at radius 2 is 1.79 bits per heavy atom. The molecule has 0 aliphatic rings. The molecular weight excluding hydrogens is 186 g/mol. The number of carboxylic acid groups (broad SMARTS) is 1. The van der Waals surface area contributed by atoms with Gasteiger partial charge in [0.05, 0.1) is 0 Å². The third kappa shape index (κ3) is 2.48. The van der Waals surface area contributed by atoms with Crippen molar-refractivity contribution in [2.75, 3.05) is 11.4 Å². The zero-order valence-electron chi connectivity index (χ0n) is 7.21. The summed E-state index contributed by atoms with van der Waals surface area (Å²) in [5, 5.41) is 19.0. The second-order valence-corrected chi connectivity index (χ2v) is 2.58. The van der Waals surface area contributed by atoms with E-state index in [1.54, 1.807) is 18.2 Å². The fourth-order valence-electron chi connectivity index (χ4n) is 1.00. The molecule has 0 bridgehead atoms. The predicted octanol–water partition coefficient (Wildman–Crippen LogP) is 1.13. The van der Waals surface area contributed by atoms with Crippen molar-refractivity contribution in [1.29, 1.82) is 0 Å². The van der Waals surface area contributed by atoms with Gasteiger partial charge in [0.25, 0.3) is 0 Å². The zero-order chi connectivity index (χ0) is 10.6. The van der Waals surface area contributed by atoms with Crippen LogP contribution < -0.4 is 4.90 Å². The first-order chi connectivity index (χ1) is 6.61. The van der Waals surface area contributed by atoms with Gasteiger partial charge < -0.3 is 5.11 Å². The summed E-state index contributed by atoms with van der Waals surface area (Å²) in [7, 11) is 0. The first-order valence-corrected chi connectivity index (χ1v) is 3.86. The van der Waals surface area contributed by atoms with Crippen LogP contribution in [-0.4, -0.2) is 23.7 Å². The largest absolute Gasteiger partial charge is 0.480 e. The van der Waals surface area contributed by atoms with Gasteiger partial charge in [0.2, 0.25) is 0 Å². The van der Waals surface area contributed by atoms with Crippen LogP contribution in [0.15, 0.2) is 30.3 Å². The number of hydrogen-bond acceptors (Lipinski definition) is 2. The number of carbonyl (C=O) groups excluding carboxylic acids is 1. The van der Waals surface area contributed by atoms with Gasteiger partial charge in [-0.25, -0.2) is 9.90 Å². The number of amides is 1. The summed E-state index contributed by atoms with van der Waals surface area (Å²) in [6.07, 6.45) is -1.53. The number of aliphatic carboxylic acids is 1. The first kappa shape index (κ1) is 10.0. The summed E-state index contributed by atoms with van der Waals surface area (Å²) in [6.45, 7) is -0.619. The van der Waals surface area contributed by atoms with Crippen molar-refractivity contribution in [3.05, 3.63) is 30.3 Å². The Balaban J connectivity index is 2.89. The molecule has 1 N–H and O–H groups in total. The molecular formula is C9H8NO4. The van der Waals surface area contributed by atoms with E-state index in [1.807, 2.05) is 0 Å². The molecule has 0 saturated heterocycles. The van der Waals surface area contributed by atoms with Gasteiger partial charge >= 0.3 is 12.1 Å². The maximum Gasteiger partial charge on any atom is 0.458 e. The smallest absolute Gasteiger partial charge is 0.458 e. The molecule has 0 heterocycles. The minimum Gasteiger partial charge on any atom is -0.480 e. The van der Waals surface area contributed by atoms with E-state index in [1.165, 1.54) is 12.1 Å². The Kier molecular flexibility index (Phi) is 3.06. The van der Waals surface area contributed by atoms with Crippen molar-refractivity contribution >= 4 is 17.7 Å². The van der Waals surface area contributed by atoms with Crippen LogP contribution in [0.3, 0.4) is 0 Å². The van der Waals surface area contributed by atoms with E-state index in [2.05, 4.69) is 0 Å². The van der Waals surface area contributed by atoms with Crippen molar-refractivity contribution in [2.24, 2.45) is 0 Å². The number of para-hydroxylation sites is 1. The standard InChI is InChI=1S/C9H8NO4/c11-8(12)6-10(9(13)14)7-4-2-1-3-5-7/h1-5H,6H2,(H,11,12). The molecule has 1 amide bonds. The molecule has 0 aromatic heterocycles. The number of benzene rings is 1. The number of anilines is 1. The summed E-state index contributed by atoms with van der Waals surface area (Å²) in [6, 6.07) is 7.94. The second kappa shape index (κ2) is 4.27. The minimum absolute atomic E-state index is 0.287. The van der Waals surface area contributed by atoms with Crippen molar-refractivity contribution < 1.29 is 19.8 Å². The zero-order valence-corrected chi connectivity index (χ0v) is 7.21. The van der Waals surface area contributed by atoms with Crippen LogP contribution in [0.4, 0.5) is 10.5 Å². The summed E-state index contributed by atoms with van der Waals surface area (Å²) >= 11 is 0. The second-order valence-electron chi connectivity index (χ2n) is 2.58. The molecule has 5 heteroatoms. The number of hydrogen-bond donors (Lipinski definition) is 1. The Hall–Kier alpha value is -2.04. The SMILES string of the molecule is [O]C(=O)N(CC(=O)O)c1ccccc1. The topological polar surface area (TPSA) is 77.5 Å². The van der Waals surface area contributed by atoms with E-state index in [9.17, 15) is 14.7 Å². The Bertz CT molecular complexity index is 336. The lowest BCUT2D eigenvalue weighted by molar-refractivity contribution is -0.135. The molecule has 0 unspecified atom stereocenters. The van der Waals surface area contributed by atoms with Crippen LogP contribution in [0.1, 0.15) is 0 Å². The molecule has 5 nitrogen and oxygen atoms in total. The highest BCUT2D eigenvalue weighted by molar-refractivity contribution is 5.91. The van der Waals surface area contributed by atoms with Crippen LogP contribution >= 0.6 is 0 Å². The lowest BCUT2D eigenvalue weighted by atomic mass is 10.3. The molecule has 1 aromatic carbocycles. The molecule has 14 heavy (non-hydrogen) atoms. The highest BCUT2D eigenvalue weighted by atomic mass is 16.4. The summed E-state index contributed by atoms with van der Waals surface area (Å²) < 4.78 is 0. The third-order valence-corrected chi connectivity index (χ3v) is 1.58. The number of rotatable bonds is 3. The van der Waals surface area contributed by atoms with Gasteiger partial charge in [-0.1, -0.05) is 18.2 Å². The number of carboxylic acids is 1. The van der Waals surface area contributed by atoms with Gasteiger partial charge in [0.15, 0.2) is 0 Å². The molecule has 0 aliphatic heterocycles. The highest BCUT2D eigenvalue weighted by Gasteiger charge is 2.18. The average Bonchev–Trinajstić information content (AvgIpc) is 2.15. The third-order valence-electron chi connectivity index (χ3n) is 1.58. The van der Waals surface area contributed by atoms with Crippen LogP contribution in [0, 0.1) is 0 Å².